The largest absolute Gasteiger partial charge is 0.309 e. The molecular weight excluding hydrogens is 576 g/mol. The van der Waals surface area contributed by atoms with Crippen LogP contribution in [0.2, 0.25) is 0 Å². The van der Waals surface area contributed by atoms with Crippen molar-refractivity contribution in [2.75, 3.05) is 0 Å². The lowest BCUT2D eigenvalue weighted by atomic mass is 10.0. The van der Waals surface area contributed by atoms with Gasteiger partial charge in [-0.05, 0) is 78.2 Å². The number of imidazole rings is 1. The van der Waals surface area contributed by atoms with Crippen molar-refractivity contribution in [3.05, 3.63) is 146 Å². The van der Waals surface area contributed by atoms with Crippen molar-refractivity contribution in [2.24, 2.45) is 0 Å². The molecular formula is C41H24N6. The predicted octanol–water partition coefficient (Wildman–Crippen LogP) is 9.78. The lowest BCUT2D eigenvalue weighted by Gasteiger charge is -2.11. The van der Waals surface area contributed by atoms with Crippen LogP contribution < -0.4 is 0 Å². The molecule has 11 aromatic rings. The average molecular weight is 601 g/mol. The average Bonchev–Trinajstić information content (AvgIpc) is 3.78. The summed E-state index contributed by atoms with van der Waals surface area (Å²) in [6.45, 7) is 0. The Hall–Kier alpha value is -6.53. The van der Waals surface area contributed by atoms with Gasteiger partial charge in [0.05, 0.1) is 33.8 Å². The van der Waals surface area contributed by atoms with E-state index in [0.717, 1.165) is 60.9 Å². The predicted molar refractivity (Wildman–Crippen MR) is 192 cm³/mol. The molecule has 6 aromatic heterocycles. The summed E-state index contributed by atoms with van der Waals surface area (Å²) in [6, 6.07) is 45.6. The molecule has 0 unspecified atom stereocenters. The molecule has 6 heteroatoms. The first-order valence-electron chi connectivity index (χ1n) is 15.8. The third-order valence-electron chi connectivity index (χ3n) is 9.71. The minimum atomic E-state index is 0.838. The number of rotatable bonds is 2. The van der Waals surface area contributed by atoms with Crippen LogP contribution in [0.3, 0.4) is 0 Å². The molecule has 0 N–H and O–H groups in total. The zero-order valence-electron chi connectivity index (χ0n) is 25.0. The molecule has 6 heterocycles. The standard InChI is InChI=1S/C41H24N6/c1-3-10-25(11-4-1)45-35-16-8-7-14-27(35)30-20-31-32-21-33-29(22-36(32)46(38(31)23-37(30)45)26-12-5-2-6-13-26)28-17-19-42-24-39(28)47-40(33)44-34-15-9-18-43-41(34)47/h1-24H. The molecule has 0 amide bonds. The van der Waals surface area contributed by atoms with Gasteiger partial charge in [0, 0.05) is 56.1 Å². The van der Waals surface area contributed by atoms with E-state index in [9.17, 15) is 0 Å². The summed E-state index contributed by atoms with van der Waals surface area (Å²) in [5, 5.41) is 8.21. The smallest absolute Gasteiger partial charge is 0.165 e. The quantitative estimate of drug-likeness (QED) is 0.186. The molecule has 47 heavy (non-hydrogen) atoms. The van der Waals surface area contributed by atoms with Gasteiger partial charge in [-0.1, -0.05) is 54.6 Å². The molecule has 0 saturated heterocycles. The number of nitrogens with zero attached hydrogens (tertiary/aromatic N) is 6. The lowest BCUT2D eigenvalue weighted by Crippen LogP contribution is -1.96. The summed E-state index contributed by atoms with van der Waals surface area (Å²) in [5.41, 5.74) is 10.5. The van der Waals surface area contributed by atoms with Gasteiger partial charge in [-0.25, -0.2) is 9.97 Å². The van der Waals surface area contributed by atoms with Crippen LogP contribution in [0.15, 0.2) is 146 Å². The fraction of sp³-hybridized carbons (Fsp3) is 0. The van der Waals surface area contributed by atoms with Gasteiger partial charge < -0.3 is 9.13 Å². The minimum absolute atomic E-state index is 0.838. The maximum absolute atomic E-state index is 5.14. The topological polar surface area (TPSA) is 52.9 Å². The summed E-state index contributed by atoms with van der Waals surface area (Å²) in [6.07, 6.45) is 5.63. The summed E-state index contributed by atoms with van der Waals surface area (Å²) in [7, 11) is 0. The highest BCUT2D eigenvalue weighted by Gasteiger charge is 2.21. The number of hydrogen-bond acceptors (Lipinski definition) is 3. The van der Waals surface area contributed by atoms with Gasteiger partial charge in [0.25, 0.3) is 0 Å². The number of hydrogen-bond donors (Lipinski definition) is 0. The maximum Gasteiger partial charge on any atom is 0.165 e. The lowest BCUT2D eigenvalue weighted by molar-refractivity contribution is 1.17. The zero-order valence-corrected chi connectivity index (χ0v) is 25.0. The Labute approximate surface area is 267 Å². The molecule has 0 spiro atoms. The van der Waals surface area contributed by atoms with Crippen LogP contribution in [-0.2, 0) is 0 Å². The number of fused-ring (bicyclic) bond motifs is 14. The van der Waals surface area contributed by atoms with E-state index in [1.54, 1.807) is 0 Å². The normalized spacial score (nSPS) is 12.3. The number of para-hydroxylation sites is 3. The number of pyridine rings is 3. The van der Waals surface area contributed by atoms with Crippen molar-refractivity contribution < 1.29 is 0 Å². The maximum atomic E-state index is 5.14. The van der Waals surface area contributed by atoms with Crippen LogP contribution in [-0.4, -0.2) is 28.5 Å². The zero-order chi connectivity index (χ0) is 30.6. The molecule has 0 fully saturated rings. The Bertz CT molecular complexity index is 3060. The highest BCUT2D eigenvalue weighted by atomic mass is 15.1. The monoisotopic (exact) mass is 600 g/mol. The van der Waals surface area contributed by atoms with Gasteiger partial charge in [-0.15, -0.1) is 0 Å². The van der Waals surface area contributed by atoms with Crippen LogP contribution in [0.1, 0.15) is 0 Å². The second-order valence-corrected chi connectivity index (χ2v) is 12.2. The molecule has 11 rings (SSSR count). The van der Waals surface area contributed by atoms with E-state index >= 15 is 0 Å². The van der Waals surface area contributed by atoms with E-state index < -0.39 is 0 Å². The van der Waals surface area contributed by atoms with E-state index in [1.807, 2.05) is 30.7 Å². The third-order valence-corrected chi connectivity index (χ3v) is 9.71. The number of aromatic nitrogens is 6. The summed E-state index contributed by atoms with van der Waals surface area (Å²) < 4.78 is 6.96. The first-order valence-corrected chi connectivity index (χ1v) is 15.8. The van der Waals surface area contributed by atoms with Gasteiger partial charge in [-0.3, -0.25) is 9.38 Å². The van der Waals surface area contributed by atoms with Crippen molar-refractivity contribution in [1.82, 2.24) is 28.5 Å². The van der Waals surface area contributed by atoms with Gasteiger partial charge >= 0.3 is 0 Å². The minimum Gasteiger partial charge on any atom is -0.309 e. The second kappa shape index (κ2) is 9.02. The van der Waals surface area contributed by atoms with E-state index in [4.69, 9.17) is 9.97 Å². The van der Waals surface area contributed by atoms with Crippen molar-refractivity contribution in [1.29, 1.82) is 0 Å². The van der Waals surface area contributed by atoms with Crippen LogP contribution in [0.4, 0.5) is 0 Å². The molecule has 0 aliphatic rings. The van der Waals surface area contributed by atoms with Crippen molar-refractivity contribution >= 4 is 82.1 Å². The fourth-order valence-corrected chi connectivity index (χ4v) is 7.76. The van der Waals surface area contributed by atoms with Crippen LogP contribution >= 0.6 is 0 Å². The van der Waals surface area contributed by atoms with E-state index in [0.29, 0.717) is 0 Å². The van der Waals surface area contributed by atoms with Gasteiger partial charge in [0.15, 0.2) is 5.65 Å². The second-order valence-electron chi connectivity index (χ2n) is 12.2. The Morgan fingerprint density at radius 1 is 0.404 bits per heavy atom. The highest BCUT2D eigenvalue weighted by molar-refractivity contribution is 6.24. The number of benzene rings is 5. The Balaban J connectivity index is 1.38. The van der Waals surface area contributed by atoms with Gasteiger partial charge in [0.2, 0.25) is 0 Å². The molecule has 0 radical (unpaired) electrons. The molecule has 6 nitrogen and oxygen atoms in total. The summed E-state index contributed by atoms with van der Waals surface area (Å²) in [5.74, 6) is 0. The molecule has 0 aliphatic carbocycles. The van der Waals surface area contributed by atoms with E-state index in [2.05, 4.69) is 134 Å². The first-order chi connectivity index (χ1) is 23.3. The van der Waals surface area contributed by atoms with Crippen molar-refractivity contribution in [2.45, 2.75) is 0 Å². The Kier molecular flexibility index (Phi) is 4.75. The summed E-state index contributed by atoms with van der Waals surface area (Å²) >= 11 is 0. The first kappa shape index (κ1) is 24.8. The van der Waals surface area contributed by atoms with Crippen LogP contribution in [0.25, 0.3) is 93.5 Å². The molecule has 0 aliphatic heterocycles. The van der Waals surface area contributed by atoms with E-state index in [-0.39, 0.29) is 0 Å². The fourth-order valence-electron chi connectivity index (χ4n) is 7.76. The Morgan fingerprint density at radius 2 is 1.04 bits per heavy atom. The SMILES string of the molecule is c1ccc(-n2c3ccccc3c3cc4c5cc6c(cc5n(-c5ccccc5)c4cc32)c2ccncc2n2c3ncccc3nc62)cc1. The van der Waals surface area contributed by atoms with Crippen molar-refractivity contribution in [3.8, 4) is 11.4 Å². The van der Waals surface area contributed by atoms with Crippen molar-refractivity contribution in [3.63, 3.8) is 0 Å². The highest BCUT2D eigenvalue weighted by Crippen LogP contribution is 2.42. The molecule has 0 bridgehead atoms. The van der Waals surface area contributed by atoms with Gasteiger partial charge in [0.1, 0.15) is 11.2 Å². The van der Waals surface area contributed by atoms with Crippen LogP contribution in [0, 0.1) is 0 Å². The molecule has 5 aromatic carbocycles. The Morgan fingerprint density at radius 3 is 1.83 bits per heavy atom. The van der Waals surface area contributed by atoms with E-state index in [1.165, 1.54) is 32.6 Å². The summed E-state index contributed by atoms with van der Waals surface area (Å²) in [4.78, 5) is 14.4. The molecule has 0 atom stereocenters. The molecule has 218 valence electrons. The molecule has 0 saturated carbocycles. The van der Waals surface area contributed by atoms with Crippen LogP contribution in [0.5, 0.6) is 0 Å². The van der Waals surface area contributed by atoms with Gasteiger partial charge in [-0.2, -0.15) is 0 Å². The third kappa shape index (κ3) is 3.26.